The van der Waals surface area contributed by atoms with Crippen molar-refractivity contribution in [3.63, 3.8) is 0 Å². The molecular weight excluding hydrogens is 560 g/mol. The minimum absolute atomic E-state index is 0.0161. The molecule has 1 rings (SSSR count). The van der Waals surface area contributed by atoms with Gasteiger partial charge in [-0.3, -0.25) is 14.4 Å². The zero-order valence-corrected chi connectivity index (χ0v) is 28.5. The summed E-state index contributed by atoms with van der Waals surface area (Å²) in [6.07, 6.45) is 24.4. The van der Waals surface area contributed by atoms with E-state index in [-0.39, 0.29) is 30.4 Å². The van der Waals surface area contributed by atoms with Crippen LogP contribution in [0.3, 0.4) is 0 Å². The summed E-state index contributed by atoms with van der Waals surface area (Å²) in [4.78, 5) is 37.7. The van der Waals surface area contributed by atoms with E-state index < -0.39 is 11.6 Å². The molecule has 0 heterocycles. The first-order valence-electron chi connectivity index (χ1n) is 17.7. The minimum atomic E-state index is -0.686. The number of nitrogens with two attached hydrogens (primary N) is 1. The zero-order chi connectivity index (χ0) is 31.6. The van der Waals surface area contributed by atoms with Crippen molar-refractivity contribution >= 4 is 29.5 Å². The topological polar surface area (TPSA) is 134 Å². The Bertz CT molecular complexity index is 735. The van der Waals surface area contributed by atoms with Crippen molar-refractivity contribution in [1.82, 2.24) is 16.0 Å². The van der Waals surface area contributed by atoms with Gasteiger partial charge < -0.3 is 26.8 Å². The molecule has 1 saturated carbocycles. The Hall–Kier alpha value is -1.32. The first kappa shape index (κ1) is 39.7. The molecule has 8 nitrogen and oxygen atoms in total. The Labute approximate surface area is 267 Å². The molecule has 1 aliphatic carbocycles. The summed E-state index contributed by atoms with van der Waals surface area (Å²) in [7, 11) is 0. The van der Waals surface area contributed by atoms with Crippen molar-refractivity contribution in [2.24, 2.45) is 5.73 Å². The predicted molar refractivity (Wildman–Crippen MR) is 181 cm³/mol. The molecule has 252 valence electrons. The van der Waals surface area contributed by atoms with Gasteiger partial charge in [-0.1, -0.05) is 117 Å². The molecule has 0 aromatic carbocycles. The van der Waals surface area contributed by atoms with E-state index in [1.165, 1.54) is 102 Å². The van der Waals surface area contributed by atoms with E-state index in [0.717, 1.165) is 38.5 Å². The number of rotatable bonds is 30. The van der Waals surface area contributed by atoms with E-state index in [1.54, 1.807) is 0 Å². The lowest BCUT2D eigenvalue weighted by Gasteiger charge is -2.21. The number of aliphatic hydroxyl groups excluding tert-OH is 1. The summed E-state index contributed by atoms with van der Waals surface area (Å²) in [5.74, 6) is 0.765. The zero-order valence-electron chi connectivity index (χ0n) is 27.7. The lowest BCUT2D eigenvalue weighted by Crippen LogP contribution is -2.49. The van der Waals surface area contributed by atoms with Crippen LogP contribution in [0.2, 0.25) is 0 Å². The Morgan fingerprint density at radius 3 is 1.65 bits per heavy atom. The van der Waals surface area contributed by atoms with Crippen LogP contribution in [-0.2, 0) is 14.4 Å². The Morgan fingerprint density at radius 2 is 1.19 bits per heavy atom. The van der Waals surface area contributed by atoms with Crippen molar-refractivity contribution in [2.45, 2.75) is 173 Å². The molecule has 0 radical (unpaired) electrons. The fourth-order valence-corrected chi connectivity index (χ4v) is 6.24. The van der Waals surface area contributed by atoms with Gasteiger partial charge in [0.1, 0.15) is 0 Å². The van der Waals surface area contributed by atoms with E-state index in [0.29, 0.717) is 30.9 Å². The molecule has 2 atom stereocenters. The number of carbonyl (C=O) groups excluding carboxylic acids is 3. The van der Waals surface area contributed by atoms with Crippen LogP contribution in [-0.4, -0.2) is 65.1 Å². The van der Waals surface area contributed by atoms with Gasteiger partial charge in [0.05, 0.1) is 24.2 Å². The summed E-state index contributed by atoms with van der Waals surface area (Å²) in [5, 5.41) is 18.5. The van der Waals surface area contributed by atoms with E-state index >= 15 is 0 Å². The van der Waals surface area contributed by atoms with E-state index in [2.05, 4.69) is 29.8 Å². The lowest BCUT2D eigenvalue weighted by molar-refractivity contribution is -0.123. The third-order valence-electron chi connectivity index (χ3n) is 8.42. The second-order valence-electron chi connectivity index (χ2n) is 12.8. The van der Waals surface area contributed by atoms with Crippen LogP contribution in [0, 0.1) is 0 Å². The maximum Gasteiger partial charge on any atom is 0.238 e. The molecule has 0 bridgehead atoms. The van der Waals surface area contributed by atoms with Crippen molar-refractivity contribution < 1.29 is 19.5 Å². The van der Waals surface area contributed by atoms with Crippen molar-refractivity contribution in [3.8, 4) is 0 Å². The maximum absolute atomic E-state index is 12.7. The Balaban J connectivity index is 2.35. The molecule has 1 fully saturated rings. The van der Waals surface area contributed by atoms with Gasteiger partial charge in [0.15, 0.2) is 0 Å². The quantitative estimate of drug-likeness (QED) is 0.0609. The number of hydrogen-bond acceptors (Lipinski definition) is 6. The third kappa shape index (κ3) is 21.9. The number of nitrogens with one attached hydrogen (secondary N) is 3. The maximum atomic E-state index is 12.7. The molecule has 1 aliphatic rings. The first-order chi connectivity index (χ1) is 20.9. The smallest absolute Gasteiger partial charge is 0.238 e. The van der Waals surface area contributed by atoms with Gasteiger partial charge in [-0.25, -0.2) is 0 Å². The van der Waals surface area contributed by atoms with Gasteiger partial charge in [0.25, 0.3) is 0 Å². The average molecular weight is 627 g/mol. The highest BCUT2D eigenvalue weighted by molar-refractivity contribution is 7.99. The minimum Gasteiger partial charge on any atom is -0.394 e. The molecule has 3 amide bonds. The van der Waals surface area contributed by atoms with Gasteiger partial charge >= 0.3 is 0 Å². The van der Waals surface area contributed by atoms with Crippen LogP contribution < -0.4 is 21.7 Å². The second kappa shape index (κ2) is 26.0. The van der Waals surface area contributed by atoms with E-state index in [1.807, 2.05) is 0 Å². The molecule has 0 aromatic heterocycles. The van der Waals surface area contributed by atoms with E-state index in [4.69, 9.17) is 5.73 Å². The normalized spacial score (nSPS) is 15.1. The number of carbonyl (C=O) groups is 3. The van der Waals surface area contributed by atoms with E-state index in [9.17, 15) is 19.5 Å². The third-order valence-corrected chi connectivity index (χ3v) is 9.66. The summed E-state index contributed by atoms with van der Waals surface area (Å²) < 4.78 is 0. The Morgan fingerprint density at radius 1 is 0.721 bits per heavy atom. The SMILES string of the molecule is CCCCCCCCCCCC(=O)NC[C@H](CSC[C@H](N)C(=O)NC1(CO)CC1)NC(=O)CCCCCCCCCCC. The largest absolute Gasteiger partial charge is 0.394 e. The predicted octanol–water partition coefficient (Wildman–Crippen LogP) is 6.13. The number of aliphatic hydroxyl groups is 1. The number of hydrogen-bond donors (Lipinski definition) is 5. The molecule has 0 saturated heterocycles. The van der Waals surface area contributed by atoms with Crippen LogP contribution in [0.1, 0.15) is 155 Å². The van der Waals surface area contributed by atoms with Gasteiger partial charge in [0.2, 0.25) is 17.7 Å². The van der Waals surface area contributed by atoms with Crippen LogP contribution in [0.5, 0.6) is 0 Å². The lowest BCUT2D eigenvalue weighted by atomic mass is 10.1. The van der Waals surface area contributed by atoms with Gasteiger partial charge in [-0.05, 0) is 25.7 Å². The fraction of sp³-hybridized carbons (Fsp3) is 0.912. The van der Waals surface area contributed by atoms with Gasteiger partial charge in [0, 0.05) is 30.9 Å². The molecule has 0 spiro atoms. The average Bonchev–Trinajstić information content (AvgIpc) is 3.77. The molecule has 0 aromatic rings. The van der Waals surface area contributed by atoms with Gasteiger partial charge in [-0.15, -0.1) is 0 Å². The molecule has 9 heteroatoms. The molecule has 0 unspecified atom stereocenters. The van der Waals surface area contributed by atoms with Crippen molar-refractivity contribution in [3.05, 3.63) is 0 Å². The van der Waals surface area contributed by atoms with Crippen molar-refractivity contribution in [2.75, 3.05) is 24.7 Å². The number of thioether (sulfide) groups is 1. The Kier molecular flexibility index (Phi) is 24.0. The number of amides is 3. The standard InChI is InChI=1S/C34H66N4O4S/c1-3-5-7-9-11-13-15-17-19-21-31(40)36-25-29(26-43-27-30(35)33(42)38-34(28-39)23-24-34)37-32(41)22-20-18-16-14-12-10-8-6-4-2/h29-30,39H,3-28,35H2,1-2H3,(H,36,40)(H,37,41)(H,38,42)/t29-,30+/m1/s1. The fourth-order valence-electron chi connectivity index (χ4n) is 5.21. The molecule has 43 heavy (non-hydrogen) atoms. The molecule has 0 aliphatic heterocycles. The molecular formula is C34H66N4O4S. The highest BCUT2D eigenvalue weighted by Crippen LogP contribution is 2.34. The summed E-state index contributed by atoms with van der Waals surface area (Å²) in [5.41, 5.74) is 5.62. The van der Waals surface area contributed by atoms with Gasteiger partial charge in [-0.2, -0.15) is 11.8 Å². The first-order valence-corrected chi connectivity index (χ1v) is 18.8. The monoisotopic (exact) mass is 626 g/mol. The van der Waals surface area contributed by atoms with Crippen LogP contribution in [0.25, 0.3) is 0 Å². The summed E-state index contributed by atoms with van der Waals surface area (Å²) in [6.45, 7) is 4.78. The van der Waals surface area contributed by atoms with Crippen LogP contribution >= 0.6 is 11.8 Å². The van der Waals surface area contributed by atoms with Crippen LogP contribution in [0.4, 0.5) is 0 Å². The summed E-state index contributed by atoms with van der Waals surface area (Å²) >= 11 is 1.51. The van der Waals surface area contributed by atoms with Crippen LogP contribution in [0.15, 0.2) is 0 Å². The highest BCUT2D eigenvalue weighted by Gasteiger charge is 2.44. The molecule has 6 N–H and O–H groups in total. The number of unbranched alkanes of at least 4 members (excludes halogenated alkanes) is 16. The summed E-state index contributed by atoms with van der Waals surface area (Å²) in [6, 6.07) is -0.904. The highest BCUT2D eigenvalue weighted by atomic mass is 32.2. The van der Waals surface area contributed by atoms with Crippen molar-refractivity contribution in [1.29, 1.82) is 0 Å². The second-order valence-corrected chi connectivity index (χ2v) is 13.9.